The Morgan fingerprint density at radius 1 is 0.914 bits per heavy atom. The molecule has 0 aliphatic carbocycles. The molecule has 2 aromatic carbocycles. The molecule has 0 unspecified atom stereocenters. The average Bonchev–Trinajstić information content (AvgIpc) is 2.77. The van der Waals surface area contributed by atoms with Crippen LogP contribution in [0.4, 0.5) is 30.7 Å². The van der Waals surface area contributed by atoms with Gasteiger partial charge < -0.3 is 4.74 Å². The van der Waals surface area contributed by atoms with E-state index in [2.05, 4.69) is 4.98 Å². The topological polar surface area (TPSA) is 68.3 Å². The van der Waals surface area contributed by atoms with Crippen molar-refractivity contribution in [2.24, 2.45) is 0 Å². The predicted octanol–water partition coefficient (Wildman–Crippen LogP) is 5.80. The van der Waals surface area contributed by atoms with Crippen LogP contribution in [-0.4, -0.2) is 20.0 Å². The summed E-state index contributed by atoms with van der Waals surface area (Å²) in [6, 6.07) is 6.91. The second kappa shape index (κ2) is 9.82. The zero-order valence-corrected chi connectivity index (χ0v) is 18.7. The molecule has 0 saturated carbocycles. The Hall–Kier alpha value is -3.19. The highest BCUT2D eigenvalue weighted by Crippen LogP contribution is 2.37. The number of ether oxygens (including phenoxy) is 1. The number of rotatable bonds is 7. The minimum atomic E-state index is -5.23. The van der Waals surface area contributed by atoms with Gasteiger partial charge in [0, 0.05) is 23.9 Å². The largest absolute Gasteiger partial charge is 0.478 e. The van der Waals surface area contributed by atoms with E-state index in [1.54, 1.807) is 6.92 Å². The maximum Gasteiger partial charge on any atom is 0.416 e. The zero-order valence-electron chi connectivity index (χ0n) is 17.8. The fourth-order valence-electron chi connectivity index (χ4n) is 3.17. The highest BCUT2D eigenvalue weighted by molar-refractivity contribution is 7.89. The molecule has 1 heterocycles. The summed E-state index contributed by atoms with van der Waals surface area (Å²) in [4.78, 5) is 2.73. The van der Waals surface area contributed by atoms with Gasteiger partial charge >= 0.3 is 12.4 Å². The molecule has 5 nitrogen and oxygen atoms in total. The number of sulfonamides is 1. The van der Waals surface area contributed by atoms with Crippen LogP contribution in [0.3, 0.4) is 0 Å². The number of nitrogens with one attached hydrogen (secondary N) is 1. The molecule has 1 aromatic heterocycles. The third kappa shape index (κ3) is 6.09. The minimum absolute atomic E-state index is 0.0334. The van der Waals surface area contributed by atoms with Gasteiger partial charge in [0.25, 0.3) is 0 Å². The van der Waals surface area contributed by atoms with Crippen LogP contribution >= 0.6 is 0 Å². The van der Waals surface area contributed by atoms with Gasteiger partial charge in [0.15, 0.2) is 0 Å². The van der Waals surface area contributed by atoms with E-state index in [9.17, 15) is 39.2 Å². The van der Waals surface area contributed by atoms with Crippen LogP contribution in [0.25, 0.3) is 11.1 Å². The van der Waals surface area contributed by atoms with Gasteiger partial charge in [0.2, 0.25) is 15.9 Å². The number of pyridine rings is 1. The second-order valence-corrected chi connectivity index (χ2v) is 8.89. The molecule has 0 aliphatic rings. The van der Waals surface area contributed by atoms with Gasteiger partial charge in [-0.05, 0) is 42.8 Å². The summed E-state index contributed by atoms with van der Waals surface area (Å²) in [6.45, 7) is 1.04. The van der Waals surface area contributed by atoms with E-state index in [0.29, 0.717) is 0 Å². The first-order valence-corrected chi connectivity index (χ1v) is 11.4. The molecule has 35 heavy (non-hydrogen) atoms. The number of hydrogen-bond donors (Lipinski definition) is 1. The van der Waals surface area contributed by atoms with E-state index >= 15 is 0 Å². The van der Waals surface area contributed by atoms with Crippen LogP contribution in [0, 0.1) is 5.82 Å². The first kappa shape index (κ1) is 26.4. The Labute approximate surface area is 195 Å². The lowest BCUT2D eigenvalue weighted by Crippen LogP contribution is -2.25. The van der Waals surface area contributed by atoms with Crippen LogP contribution in [0.1, 0.15) is 23.6 Å². The van der Waals surface area contributed by atoms with Crippen molar-refractivity contribution in [2.75, 3.05) is 6.61 Å². The molecule has 3 aromatic rings. The van der Waals surface area contributed by atoms with Crippen molar-refractivity contribution in [2.45, 2.75) is 30.7 Å². The van der Waals surface area contributed by atoms with E-state index in [0.717, 1.165) is 6.07 Å². The Balaban J connectivity index is 2.06. The molecule has 0 fully saturated rings. The Morgan fingerprint density at radius 3 is 2.06 bits per heavy atom. The lowest BCUT2D eigenvalue weighted by atomic mass is 10.0. The third-order valence-corrected chi connectivity index (χ3v) is 6.15. The van der Waals surface area contributed by atoms with E-state index in [1.807, 2.05) is 4.72 Å². The molecule has 0 radical (unpaired) electrons. The molecule has 0 aliphatic heterocycles. The third-order valence-electron chi connectivity index (χ3n) is 4.77. The fourth-order valence-corrected chi connectivity index (χ4v) is 4.23. The molecule has 13 heteroatoms. The standard InChI is InChI=1S/C22H17F7N2O3S/c1-2-34-20-18(16(7-8-30-20)17-5-3-4-6-19(17)23)12-31-35(32,33)15-10-13(21(24,25)26)9-14(11-15)22(27,28)29/h3-11,31H,2,12H2,1H3. The summed E-state index contributed by atoms with van der Waals surface area (Å²) >= 11 is 0. The van der Waals surface area contributed by atoms with Crippen molar-refractivity contribution >= 4 is 10.0 Å². The molecule has 0 spiro atoms. The zero-order chi connectivity index (χ0) is 26.0. The Kier molecular flexibility index (Phi) is 7.41. The van der Waals surface area contributed by atoms with Crippen LogP contribution in [0.15, 0.2) is 59.6 Å². The highest BCUT2D eigenvalue weighted by atomic mass is 32.2. The van der Waals surface area contributed by atoms with Gasteiger partial charge in [-0.25, -0.2) is 22.5 Å². The van der Waals surface area contributed by atoms with Crippen molar-refractivity contribution in [1.29, 1.82) is 0 Å². The lowest BCUT2D eigenvalue weighted by molar-refractivity contribution is -0.143. The number of aromatic nitrogens is 1. The van der Waals surface area contributed by atoms with Gasteiger partial charge in [0.1, 0.15) is 5.82 Å². The fraction of sp³-hybridized carbons (Fsp3) is 0.227. The number of hydrogen-bond acceptors (Lipinski definition) is 4. The first-order chi connectivity index (χ1) is 16.2. The summed E-state index contributed by atoms with van der Waals surface area (Å²) in [5.74, 6) is -0.742. The smallest absolute Gasteiger partial charge is 0.416 e. The summed E-state index contributed by atoms with van der Waals surface area (Å²) in [7, 11) is -4.89. The monoisotopic (exact) mass is 522 g/mol. The number of nitrogens with zero attached hydrogens (tertiary/aromatic N) is 1. The van der Waals surface area contributed by atoms with Gasteiger partial charge in [-0.2, -0.15) is 26.3 Å². The van der Waals surface area contributed by atoms with Crippen LogP contribution in [0.5, 0.6) is 5.88 Å². The molecule has 3 rings (SSSR count). The number of benzene rings is 2. The first-order valence-electron chi connectivity index (χ1n) is 9.88. The van der Waals surface area contributed by atoms with Crippen molar-refractivity contribution in [3.8, 4) is 17.0 Å². The molecule has 0 amide bonds. The van der Waals surface area contributed by atoms with Gasteiger partial charge in [-0.1, -0.05) is 18.2 Å². The second-order valence-electron chi connectivity index (χ2n) is 7.12. The van der Waals surface area contributed by atoms with Crippen LogP contribution in [0.2, 0.25) is 0 Å². The maximum atomic E-state index is 14.4. The molecule has 0 saturated heterocycles. The number of alkyl halides is 6. The van der Waals surface area contributed by atoms with Crippen LogP contribution in [-0.2, 0) is 28.9 Å². The maximum absolute atomic E-state index is 14.4. The SMILES string of the molecule is CCOc1nccc(-c2ccccc2F)c1CNS(=O)(=O)c1cc(C(F)(F)F)cc(C(F)(F)F)c1. The average molecular weight is 522 g/mol. The lowest BCUT2D eigenvalue weighted by Gasteiger charge is -2.17. The summed E-state index contributed by atoms with van der Waals surface area (Å²) < 4.78 is 126. The van der Waals surface area contributed by atoms with Crippen molar-refractivity contribution in [3.05, 3.63) is 77.2 Å². The highest BCUT2D eigenvalue weighted by Gasteiger charge is 2.38. The quantitative estimate of drug-likeness (QED) is 0.398. The van der Waals surface area contributed by atoms with E-state index < -0.39 is 50.8 Å². The van der Waals surface area contributed by atoms with Crippen molar-refractivity contribution in [3.63, 3.8) is 0 Å². The minimum Gasteiger partial charge on any atom is -0.478 e. The predicted molar refractivity (Wildman–Crippen MR) is 111 cm³/mol. The van der Waals surface area contributed by atoms with E-state index in [4.69, 9.17) is 4.74 Å². The molecular weight excluding hydrogens is 505 g/mol. The Morgan fingerprint density at radius 2 is 1.51 bits per heavy atom. The normalized spacial score (nSPS) is 12.6. The molecular formula is C22H17F7N2O3S. The van der Waals surface area contributed by atoms with E-state index in [1.165, 1.54) is 30.5 Å². The van der Waals surface area contributed by atoms with Gasteiger partial charge in [-0.3, -0.25) is 0 Å². The van der Waals surface area contributed by atoms with E-state index in [-0.39, 0.29) is 47.4 Å². The summed E-state index contributed by atoms with van der Waals surface area (Å²) in [5, 5.41) is 0. The molecule has 0 atom stereocenters. The molecule has 0 bridgehead atoms. The van der Waals surface area contributed by atoms with Crippen molar-refractivity contribution < 1.29 is 43.9 Å². The molecule has 1 N–H and O–H groups in total. The van der Waals surface area contributed by atoms with Gasteiger partial charge in [-0.15, -0.1) is 0 Å². The Bertz CT molecular complexity index is 1290. The van der Waals surface area contributed by atoms with Gasteiger partial charge in [0.05, 0.1) is 22.6 Å². The summed E-state index contributed by atoms with van der Waals surface area (Å²) in [5.41, 5.74) is -3.30. The summed E-state index contributed by atoms with van der Waals surface area (Å²) in [6.07, 6.45) is -9.17. The molecule has 188 valence electrons. The number of halogens is 7. The van der Waals surface area contributed by atoms with Crippen LogP contribution < -0.4 is 9.46 Å². The van der Waals surface area contributed by atoms with Crippen molar-refractivity contribution in [1.82, 2.24) is 9.71 Å².